The molecular formula is C13H13BO3. The molecular weight excluding hydrogens is 215 g/mol. The fourth-order valence-corrected chi connectivity index (χ4v) is 1.65. The molecule has 2 aromatic rings. The molecule has 0 radical (unpaired) electrons. The van der Waals surface area contributed by atoms with Crippen molar-refractivity contribution in [2.75, 3.05) is 6.61 Å². The van der Waals surface area contributed by atoms with Crippen molar-refractivity contribution in [2.45, 2.75) is 0 Å². The lowest BCUT2D eigenvalue weighted by molar-refractivity contribution is 0.364. The summed E-state index contributed by atoms with van der Waals surface area (Å²) in [6, 6.07) is 10.9. The number of hydrogen-bond acceptors (Lipinski definition) is 3. The molecule has 0 unspecified atom stereocenters. The fourth-order valence-electron chi connectivity index (χ4n) is 1.65. The highest BCUT2D eigenvalue weighted by Crippen LogP contribution is 2.20. The average molecular weight is 228 g/mol. The van der Waals surface area contributed by atoms with Crippen LogP contribution in [0.25, 0.3) is 10.8 Å². The highest BCUT2D eigenvalue weighted by Gasteiger charge is 2.10. The van der Waals surface area contributed by atoms with Crippen molar-refractivity contribution in [3.8, 4) is 5.75 Å². The molecule has 17 heavy (non-hydrogen) atoms. The van der Waals surface area contributed by atoms with E-state index >= 15 is 0 Å². The molecule has 2 rings (SSSR count). The quantitative estimate of drug-likeness (QED) is 0.608. The van der Waals surface area contributed by atoms with Gasteiger partial charge in [0, 0.05) is 0 Å². The largest absolute Gasteiger partial charge is 0.490 e. The van der Waals surface area contributed by atoms with E-state index in [0.29, 0.717) is 12.1 Å². The van der Waals surface area contributed by atoms with Gasteiger partial charge in [0.2, 0.25) is 0 Å². The predicted octanol–water partition coefficient (Wildman–Crippen LogP) is 1.08. The van der Waals surface area contributed by atoms with E-state index < -0.39 is 7.12 Å². The second-order valence-corrected chi connectivity index (χ2v) is 3.74. The van der Waals surface area contributed by atoms with E-state index in [9.17, 15) is 0 Å². The van der Waals surface area contributed by atoms with Crippen LogP contribution in [0.1, 0.15) is 0 Å². The highest BCUT2D eigenvalue weighted by atomic mass is 16.5. The molecule has 0 atom stereocenters. The SMILES string of the molecule is C=CCOc1ccc2cc(B(O)O)ccc2c1. The molecule has 0 spiro atoms. The van der Waals surface area contributed by atoms with Crippen LogP contribution in [0.4, 0.5) is 0 Å². The molecule has 2 aromatic carbocycles. The molecule has 0 aliphatic heterocycles. The summed E-state index contributed by atoms with van der Waals surface area (Å²) in [5, 5.41) is 20.1. The summed E-state index contributed by atoms with van der Waals surface area (Å²) in [5.41, 5.74) is 0.484. The number of rotatable bonds is 4. The Kier molecular flexibility index (Phi) is 3.47. The fraction of sp³-hybridized carbons (Fsp3) is 0.0769. The van der Waals surface area contributed by atoms with Gasteiger partial charge in [-0.3, -0.25) is 0 Å². The maximum Gasteiger partial charge on any atom is 0.488 e. The van der Waals surface area contributed by atoms with E-state index in [4.69, 9.17) is 14.8 Å². The van der Waals surface area contributed by atoms with Gasteiger partial charge >= 0.3 is 7.12 Å². The van der Waals surface area contributed by atoms with Gasteiger partial charge in [0.25, 0.3) is 0 Å². The van der Waals surface area contributed by atoms with E-state index in [1.165, 1.54) is 0 Å². The smallest absolute Gasteiger partial charge is 0.488 e. The molecule has 0 aromatic heterocycles. The Morgan fingerprint density at radius 1 is 1.12 bits per heavy atom. The Labute approximate surface area is 100 Å². The average Bonchev–Trinajstić information content (AvgIpc) is 2.35. The third-order valence-corrected chi connectivity index (χ3v) is 2.50. The molecule has 0 fully saturated rings. The van der Waals surface area contributed by atoms with Crippen molar-refractivity contribution >= 4 is 23.4 Å². The lowest BCUT2D eigenvalue weighted by Gasteiger charge is -2.06. The van der Waals surface area contributed by atoms with Crippen LogP contribution in [0.15, 0.2) is 49.1 Å². The van der Waals surface area contributed by atoms with Crippen molar-refractivity contribution in [1.29, 1.82) is 0 Å². The summed E-state index contributed by atoms with van der Waals surface area (Å²) >= 11 is 0. The molecule has 2 N–H and O–H groups in total. The van der Waals surface area contributed by atoms with Gasteiger partial charge in [-0.05, 0) is 28.4 Å². The first kappa shape index (κ1) is 11.7. The van der Waals surface area contributed by atoms with Gasteiger partial charge in [0.1, 0.15) is 12.4 Å². The summed E-state index contributed by atoms with van der Waals surface area (Å²) in [6.45, 7) is 4.06. The van der Waals surface area contributed by atoms with Gasteiger partial charge < -0.3 is 14.8 Å². The van der Waals surface area contributed by atoms with E-state index in [0.717, 1.165) is 16.5 Å². The van der Waals surface area contributed by atoms with Crippen LogP contribution < -0.4 is 10.2 Å². The monoisotopic (exact) mass is 228 g/mol. The molecule has 0 amide bonds. The van der Waals surface area contributed by atoms with Crippen LogP contribution >= 0.6 is 0 Å². The Morgan fingerprint density at radius 2 is 1.82 bits per heavy atom. The first-order valence-electron chi connectivity index (χ1n) is 5.34. The number of hydrogen-bond donors (Lipinski definition) is 2. The minimum atomic E-state index is -1.43. The van der Waals surface area contributed by atoms with Gasteiger partial charge in [0.15, 0.2) is 0 Å². The molecule has 3 nitrogen and oxygen atoms in total. The molecule has 0 aliphatic carbocycles. The molecule has 0 aliphatic rings. The molecule has 0 saturated heterocycles. The summed E-state index contributed by atoms with van der Waals surface area (Å²) in [6.07, 6.45) is 1.69. The first-order chi connectivity index (χ1) is 8.20. The normalized spacial score (nSPS) is 10.2. The second-order valence-electron chi connectivity index (χ2n) is 3.74. The Balaban J connectivity index is 2.36. The van der Waals surface area contributed by atoms with Crippen LogP contribution in [-0.2, 0) is 0 Å². The number of ether oxygens (including phenoxy) is 1. The van der Waals surface area contributed by atoms with Gasteiger partial charge in [-0.1, -0.05) is 36.9 Å². The topological polar surface area (TPSA) is 49.7 Å². The highest BCUT2D eigenvalue weighted by molar-refractivity contribution is 6.58. The molecule has 0 saturated carbocycles. The van der Waals surface area contributed by atoms with Gasteiger partial charge in [-0.25, -0.2) is 0 Å². The summed E-state index contributed by atoms with van der Waals surface area (Å²) in [5.74, 6) is 0.773. The van der Waals surface area contributed by atoms with Crippen molar-refractivity contribution in [3.05, 3.63) is 49.1 Å². The van der Waals surface area contributed by atoms with Crippen molar-refractivity contribution in [1.82, 2.24) is 0 Å². The minimum Gasteiger partial charge on any atom is -0.490 e. The predicted molar refractivity (Wildman–Crippen MR) is 69.5 cm³/mol. The zero-order valence-corrected chi connectivity index (χ0v) is 9.34. The number of benzene rings is 2. The molecule has 0 bridgehead atoms. The minimum absolute atomic E-state index is 0.471. The maximum absolute atomic E-state index is 9.07. The standard InChI is InChI=1S/C13H13BO3/c1-2-7-17-13-6-4-10-8-12(14(15)16)5-3-11(10)9-13/h2-6,8-9,15-16H,1,7H2. The first-order valence-corrected chi connectivity index (χ1v) is 5.34. The van der Waals surface area contributed by atoms with Gasteiger partial charge in [0.05, 0.1) is 0 Å². The number of fused-ring (bicyclic) bond motifs is 1. The zero-order chi connectivity index (χ0) is 12.3. The van der Waals surface area contributed by atoms with Crippen LogP contribution in [-0.4, -0.2) is 23.8 Å². The van der Waals surface area contributed by atoms with Crippen molar-refractivity contribution in [3.63, 3.8) is 0 Å². The lowest BCUT2D eigenvalue weighted by Crippen LogP contribution is -2.29. The van der Waals surface area contributed by atoms with Gasteiger partial charge in [-0.2, -0.15) is 0 Å². The second kappa shape index (κ2) is 5.04. The zero-order valence-electron chi connectivity index (χ0n) is 9.34. The van der Waals surface area contributed by atoms with Crippen LogP contribution in [0.5, 0.6) is 5.75 Å². The maximum atomic E-state index is 9.07. The Bertz CT molecular complexity index is 537. The van der Waals surface area contributed by atoms with Crippen molar-refractivity contribution in [2.24, 2.45) is 0 Å². The third kappa shape index (κ3) is 2.67. The molecule has 86 valence electrons. The van der Waals surface area contributed by atoms with Crippen LogP contribution in [0, 0.1) is 0 Å². The Morgan fingerprint density at radius 3 is 2.53 bits per heavy atom. The molecule has 0 heterocycles. The summed E-state index contributed by atoms with van der Waals surface area (Å²) in [7, 11) is -1.43. The van der Waals surface area contributed by atoms with Crippen molar-refractivity contribution < 1.29 is 14.8 Å². The van der Waals surface area contributed by atoms with Crippen LogP contribution in [0.3, 0.4) is 0 Å². The van der Waals surface area contributed by atoms with E-state index in [1.54, 1.807) is 18.2 Å². The van der Waals surface area contributed by atoms with E-state index in [1.807, 2.05) is 24.3 Å². The van der Waals surface area contributed by atoms with E-state index in [2.05, 4.69) is 6.58 Å². The summed E-state index contributed by atoms with van der Waals surface area (Å²) < 4.78 is 5.42. The lowest BCUT2D eigenvalue weighted by atomic mass is 9.79. The van der Waals surface area contributed by atoms with E-state index in [-0.39, 0.29) is 0 Å². The van der Waals surface area contributed by atoms with Crippen LogP contribution in [0.2, 0.25) is 0 Å². The van der Waals surface area contributed by atoms with Gasteiger partial charge in [-0.15, -0.1) is 0 Å². The Hall–Kier alpha value is -1.78. The summed E-state index contributed by atoms with van der Waals surface area (Å²) in [4.78, 5) is 0. The molecule has 4 heteroatoms. The third-order valence-electron chi connectivity index (χ3n) is 2.50.